The number of nitrogens with two attached hydrogens (primary N) is 2. The topological polar surface area (TPSA) is 239 Å². The van der Waals surface area contributed by atoms with E-state index in [0.29, 0.717) is 11.4 Å². The number of carboxylic acids is 2. The molecule has 0 aliphatic heterocycles. The summed E-state index contributed by atoms with van der Waals surface area (Å²) >= 11 is 3.74. The van der Waals surface area contributed by atoms with Gasteiger partial charge in [0.2, 0.25) is 5.95 Å². The van der Waals surface area contributed by atoms with E-state index in [1.165, 1.54) is 18.3 Å². The molecule has 0 fully saturated rings. The molecule has 9 N–H and O–H groups in total. The molecule has 2 atom stereocenters. The number of carbonyl (C=O) groups is 3. The first-order valence-electron chi connectivity index (χ1n) is 10.5. The van der Waals surface area contributed by atoms with E-state index in [1.54, 1.807) is 12.1 Å². The Kier molecular flexibility index (Phi) is 10.1. The molecule has 1 amide bonds. The van der Waals surface area contributed by atoms with Gasteiger partial charge < -0.3 is 32.3 Å². The average molecular weight is 519 g/mol. The molecule has 0 aliphatic carbocycles. The number of carbonyl (C=O) groups excluding carboxylic acids is 1. The number of rotatable bonds is 9. The van der Waals surface area contributed by atoms with Crippen molar-refractivity contribution in [3.05, 3.63) is 52.1 Å². The van der Waals surface area contributed by atoms with Gasteiger partial charge in [0.25, 0.3) is 11.5 Å². The number of hydrogen-bond donors (Lipinski definition) is 8. The van der Waals surface area contributed by atoms with E-state index >= 15 is 0 Å². The minimum Gasteiger partial charge on any atom is -0.481 e. The summed E-state index contributed by atoms with van der Waals surface area (Å²) in [5, 5.41) is 23.2. The lowest BCUT2D eigenvalue weighted by Crippen LogP contribution is -2.41. The lowest BCUT2D eigenvalue weighted by molar-refractivity contribution is -0.140. The normalized spacial score (nSPS) is 12.1. The predicted octanol–water partition coefficient (Wildman–Crippen LogP) is 0.176. The molecule has 0 spiro atoms. The van der Waals surface area contributed by atoms with Gasteiger partial charge in [0.1, 0.15) is 6.04 Å². The zero-order chi connectivity index (χ0) is 26.8. The third kappa shape index (κ3) is 8.84. The van der Waals surface area contributed by atoms with Crippen molar-refractivity contribution >= 4 is 53.3 Å². The van der Waals surface area contributed by atoms with Crippen molar-refractivity contribution in [2.75, 3.05) is 11.1 Å². The number of nitrogens with zero attached hydrogens (tertiary/aromatic N) is 3. The standard InChI is InChI=1S/C19H19N7O6.C2H7NS/c20-19-25-15-14(17(30)26-19)23-11(8-22-15)7-21-10-3-1-9(2-4-10)16(29)24-12(18(31)32)5-6-13(27)28;1-2(3)4/h1-4,8,12,21H,5-7H2,(H,24,29)(H,27,28)(H,31,32)(H3,20,22,25,26,30);2,4H,3H2,1H3. The maximum Gasteiger partial charge on any atom is 0.326 e. The predicted molar refractivity (Wildman–Crippen MR) is 135 cm³/mol. The molecular formula is C21H26N8O6S. The van der Waals surface area contributed by atoms with Crippen LogP contribution in [0, 0.1) is 0 Å². The van der Waals surface area contributed by atoms with Gasteiger partial charge in [0.15, 0.2) is 11.2 Å². The molecule has 15 heteroatoms. The Bertz CT molecular complexity index is 1280. The van der Waals surface area contributed by atoms with Crippen LogP contribution < -0.4 is 27.7 Å². The number of nitrogens with one attached hydrogen (secondary N) is 3. The van der Waals surface area contributed by atoms with Gasteiger partial charge >= 0.3 is 11.9 Å². The number of hydrogen-bond acceptors (Lipinski definition) is 11. The monoisotopic (exact) mass is 518 g/mol. The quantitative estimate of drug-likeness (QED) is 0.140. The number of H-pyrrole nitrogens is 1. The molecule has 1 aromatic carbocycles. The zero-order valence-corrected chi connectivity index (χ0v) is 20.0. The molecular weight excluding hydrogens is 492 g/mol. The van der Waals surface area contributed by atoms with Crippen LogP contribution in [0.25, 0.3) is 11.2 Å². The number of aliphatic carboxylic acids is 2. The van der Waals surface area contributed by atoms with E-state index in [1.807, 2.05) is 6.92 Å². The van der Waals surface area contributed by atoms with Crippen molar-refractivity contribution in [3.63, 3.8) is 0 Å². The number of aromatic amines is 1. The Morgan fingerprint density at radius 1 is 1.17 bits per heavy atom. The third-order valence-corrected chi connectivity index (χ3v) is 4.36. The van der Waals surface area contributed by atoms with Crippen LogP contribution in [-0.2, 0) is 16.1 Å². The van der Waals surface area contributed by atoms with Crippen LogP contribution in [0.5, 0.6) is 0 Å². The summed E-state index contributed by atoms with van der Waals surface area (Å²) < 4.78 is 0. The van der Waals surface area contributed by atoms with Crippen LogP contribution >= 0.6 is 12.6 Å². The molecule has 3 aromatic rings. The maximum absolute atomic E-state index is 12.3. The van der Waals surface area contributed by atoms with Crippen molar-refractivity contribution in [2.45, 2.75) is 37.7 Å². The summed E-state index contributed by atoms with van der Waals surface area (Å²) in [6.07, 6.45) is 0.840. The van der Waals surface area contributed by atoms with Crippen LogP contribution in [0.2, 0.25) is 0 Å². The van der Waals surface area contributed by atoms with E-state index in [-0.39, 0.29) is 47.4 Å². The highest BCUT2D eigenvalue weighted by molar-refractivity contribution is 7.80. The van der Waals surface area contributed by atoms with Gasteiger partial charge in [0.05, 0.1) is 18.4 Å². The van der Waals surface area contributed by atoms with E-state index in [9.17, 15) is 19.2 Å². The number of carboxylic acid groups (broad SMARTS) is 2. The third-order valence-electron chi connectivity index (χ3n) is 4.36. The second-order valence-corrected chi connectivity index (χ2v) is 8.27. The number of nitrogen functional groups attached to an aromatic ring is 1. The van der Waals surface area contributed by atoms with E-state index in [2.05, 4.69) is 43.2 Å². The second-order valence-electron chi connectivity index (χ2n) is 7.45. The van der Waals surface area contributed by atoms with Gasteiger partial charge in [-0.15, -0.1) is 0 Å². The van der Waals surface area contributed by atoms with E-state index < -0.39 is 29.4 Å². The van der Waals surface area contributed by atoms with Crippen LogP contribution in [0.3, 0.4) is 0 Å². The Labute approximate surface area is 210 Å². The summed E-state index contributed by atoms with van der Waals surface area (Å²) in [5.41, 5.74) is 11.4. The highest BCUT2D eigenvalue weighted by atomic mass is 32.1. The summed E-state index contributed by atoms with van der Waals surface area (Å²) in [5.74, 6) is -3.16. The smallest absolute Gasteiger partial charge is 0.326 e. The van der Waals surface area contributed by atoms with Crippen molar-refractivity contribution in [1.29, 1.82) is 0 Å². The number of aromatic nitrogens is 4. The highest BCUT2D eigenvalue weighted by Crippen LogP contribution is 2.12. The number of fused-ring (bicyclic) bond motifs is 1. The maximum atomic E-state index is 12.3. The molecule has 0 aliphatic rings. The molecule has 2 heterocycles. The van der Waals surface area contributed by atoms with Crippen molar-refractivity contribution < 1.29 is 24.6 Å². The number of anilines is 2. The van der Waals surface area contributed by atoms with Crippen LogP contribution in [0.15, 0.2) is 35.3 Å². The fourth-order valence-corrected chi connectivity index (χ4v) is 2.75. The fourth-order valence-electron chi connectivity index (χ4n) is 2.75. The number of amides is 1. The summed E-state index contributed by atoms with van der Waals surface area (Å²) in [7, 11) is 0. The van der Waals surface area contributed by atoms with Gasteiger partial charge in [-0.2, -0.15) is 17.6 Å². The van der Waals surface area contributed by atoms with Gasteiger partial charge in [0, 0.05) is 23.0 Å². The number of benzene rings is 1. The Morgan fingerprint density at radius 3 is 2.39 bits per heavy atom. The lowest BCUT2D eigenvalue weighted by Gasteiger charge is -2.14. The molecule has 36 heavy (non-hydrogen) atoms. The fraction of sp³-hybridized carbons (Fsp3) is 0.286. The van der Waals surface area contributed by atoms with Gasteiger partial charge in [-0.05, 0) is 37.6 Å². The first-order valence-corrected chi connectivity index (χ1v) is 11.0. The summed E-state index contributed by atoms with van der Waals surface area (Å²) in [6, 6.07) is 4.86. The number of thiol groups is 1. The van der Waals surface area contributed by atoms with Gasteiger partial charge in [-0.1, -0.05) is 0 Å². The Morgan fingerprint density at radius 2 is 1.81 bits per heavy atom. The highest BCUT2D eigenvalue weighted by Gasteiger charge is 2.21. The molecule has 0 saturated heterocycles. The van der Waals surface area contributed by atoms with Gasteiger partial charge in [-0.3, -0.25) is 19.4 Å². The van der Waals surface area contributed by atoms with Crippen LogP contribution in [0.4, 0.5) is 11.6 Å². The molecule has 0 radical (unpaired) electrons. The molecule has 2 unspecified atom stereocenters. The second kappa shape index (κ2) is 13.0. The minimum absolute atomic E-state index is 0.0278. The average Bonchev–Trinajstić information content (AvgIpc) is 2.80. The van der Waals surface area contributed by atoms with Gasteiger partial charge in [-0.25, -0.2) is 14.8 Å². The summed E-state index contributed by atoms with van der Waals surface area (Å²) in [4.78, 5) is 60.6. The van der Waals surface area contributed by atoms with Crippen LogP contribution in [-0.4, -0.2) is 59.4 Å². The molecule has 192 valence electrons. The summed E-state index contributed by atoms with van der Waals surface area (Å²) in [6.45, 7) is 2.04. The van der Waals surface area contributed by atoms with Crippen molar-refractivity contribution in [3.8, 4) is 0 Å². The van der Waals surface area contributed by atoms with E-state index in [0.717, 1.165) is 0 Å². The minimum atomic E-state index is -1.31. The zero-order valence-electron chi connectivity index (χ0n) is 19.1. The SMILES string of the molecule is CC(N)S.Nc1nc2ncc(CNc3ccc(C(=O)NC(CCC(=O)O)C(=O)O)cc3)nc2c(=O)[nH]1. The van der Waals surface area contributed by atoms with Crippen molar-refractivity contribution in [2.24, 2.45) is 5.73 Å². The lowest BCUT2D eigenvalue weighted by atomic mass is 10.1. The Hall–Kier alpha value is -4.24. The molecule has 3 rings (SSSR count). The van der Waals surface area contributed by atoms with Crippen LogP contribution in [0.1, 0.15) is 35.8 Å². The molecule has 2 aromatic heterocycles. The van der Waals surface area contributed by atoms with Crippen molar-refractivity contribution in [1.82, 2.24) is 25.3 Å². The first kappa shape index (κ1) is 28.0. The van der Waals surface area contributed by atoms with E-state index in [4.69, 9.17) is 21.7 Å². The molecule has 0 saturated carbocycles. The molecule has 14 nitrogen and oxygen atoms in total. The molecule has 0 bridgehead atoms. The Balaban J connectivity index is 0.00000106. The largest absolute Gasteiger partial charge is 0.481 e. The first-order chi connectivity index (χ1) is 17.0.